The number of aliphatic carboxylic acids is 1. The Morgan fingerprint density at radius 2 is 1.70 bits per heavy atom. The van der Waals surface area contributed by atoms with Gasteiger partial charge in [-0.15, -0.1) is 0 Å². The number of halogens is 3. The maximum Gasteiger partial charge on any atom is 0.416 e. The highest BCUT2D eigenvalue weighted by Crippen LogP contribution is 2.61. The molecule has 0 aromatic heterocycles. The van der Waals surface area contributed by atoms with Crippen LogP contribution in [0.15, 0.2) is 60.7 Å². The minimum atomic E-state index is -4.46. The van der Waals surface area contributed by atoms with Gasteiger partial charge in [-0.2, -0.15) is 13.2 Å². The van der Waals surface area contributed by atoms with Crippen molar-refractivity contribution in [1.29, 1.82) is 0 Å². The van der Waals surface area contributed by atoms with Gasteiger partial charge in [-0.3, -0.25) is 0 Å². The van der Waals surface area contributed by atoms with Gasteiger partial charge in [0.2, 0.25) is 0 Å². The second kappa shape index (κ2) is 10.0. The van der Waals surface area contributed by atoms with Gasteiger partial charge in [0, 0.05) is 6.08 Å². The van der Waals surface area contributed by atoms with Crippen LogP contribution < -0.4 is 4.74 Å². The SMILES string of the molecule is COc1ccc(CC/C=C(/C=CC(=O)O)c2cccc(C(F)(F)F)c2)c(C23CC4CC(CC(C4)C2)C3)c1. The van der Waals surface area contributed by atoms with Crippen LogP contribution in [0.4, 0.5) is 13.2 Å². The first-order valence-corrected chi connectivity index (χ1v) is 13.1. The number of alkyl halides is 3. The highest BCUT2D eigenvalue weighted by atomic mass is 19.4. The molecule has 0 unspecified atom stereocenters. The maximum atomic E-state index is 13.3. The molecule has 0 aliphatic heterocycles. The van der Waals surface area contributed by atoms with E-state index in [0.717, 1.165) is 48.1 Å². The number of carbonyl (C=O) groups is 1. The largest absolute Gasteiger partial charge is 0.497 e. The van der Waals surface area contributed by atoms with Gasteiger partial charge >= 0.3 is 12.1 Å². The van der Waals surface area contributed by atoms with E-state index in [4.69, 9.17) is 9.84 Å². The number of hydrogen-bond donors (Lipinski definition) is 1. The molecule has 0 spiro atoms. The number of allylic oxidation sites excluding steroid dienone is 3. The number of carboxylic acid groups (broad SMARTS) is 1. The topological polar surface area (TPSA) is 46.5 Å². The van der Waals surface area contributed by atoms with Gasteiger partial charge in [-0.05, 0) is 127 Å². The zero-order chi connectivity index (χ0) is 26.2. The van der Waals surface area contributed by atoms with E-state index in [2.05, 4.69) is 12.1 Å². The van der Waals surface area contributed by atoms with Crippen LogP contribution >= 0.6 is 0 Å². The summed E-state index contributed by atoms with van der Waals surface area (Å²) in [5, 5.41) is 9.13. The van der Waals surface area contributed by atoms with Crippen LogP contribution in [0.2, 0.25) is 0 Å². The van der Waals surface area contributed by atoms with E-state index in [1.54, 1.807) is 13.2 Å². The summed E-state index contributed by atoms with van der Waals surface area (Å²) in [6.45, 7) is 0. The van der Waals surface area contributed by atoms with E-state index < -0.39 is 17.7 Å². The van der Waals surface area contributed by atoms with Crippen molar-refractivity contribution >= 4 is 11.5 Å². The van der Waals surface area contributed by atoms with Crippen molar-refractivity contribution in [2.75, 3.05) is 7.11 Å². The summed E-state index contributed by atoms with van der Waals surface area (Å²) in [5.41, 5.74) is 2.89. The van der Waals surface area contributed by atoms with Gasteiger partial charge < -0.3 is 9.84 Å². The number of ether oxygens (including phenoxy) is 1. The zero-order valence-corrected chi connectivity index (χ0v) is 21.1. The predicted molar refractivity (Wildman–Crippen MR) is 137 cm³/mol. The molecule has 4 bridgehead atoms. The van der Waals surface area contributed by atoms with E-state index in [0.29, 0.717) is 17.6 Å². The third kappa shape index (κ3) is 5.48. The van der Waals surface area contributed by atoms with E-state index in [1.165, 1.54) is 61.8 Å². The molecule has 4 aliphatic rings. The van der Waals surface area contributed by atoms with E-state index in [9.17, 15) is 18.0 Å². The number of methoxy groups -OCH3 is 1. The predicted octanol–water partition coefficient (Wildman–Crippen LogP) is 7.84. The molecule has 3 nitrogen and oxygen atoms in total. The highest BCUT2D eigenvalue weighted by Gasteiger charge is 2.52. The normalized spacial score (nSPS) is 27.1. The molecule has 0 saturated heterocycles. The van der Waals surface area contributed by atoms with E-state index in [1.807, 2.05) is 12.1 Å². The lowest BCUT2D eigenvalue weighted by molar-refractivity contribution is -0.137. The summed E-state index contributed by atoms with van der Waals surface area (Å²) in [7, 11) is 1.69. The Hall–Kier alpha value is -3.02. The average molecular weight is 511 g/mol. The minimum Gasteiger partial charge on any atom is -0.497 e. The molecule has 6 rings (SSSR count). The van der Waals surface area contributed by atoms with E-state index >= 15 is 0 Å². The molecule has 2 aromatic carbocycles. The monoisotopic (exact) mass is 510 g/mol. The molecule has 0 amide bonds. The van der Waals surface area contributed by atoms with Crippen molar-refractivity contribution in [1.82, 2.24) is 0 Å². The Labute approximate surface area is 216 Å². The van der Waals surface area contributed by atoms with Crippen LogP contribution in [0.3, 0.4) is 0 Å². The molecule has 0 atom stereocenters. The molecular weight excluding hydrogens is 477 g/mol. The third-order valence-electron chi connectivity index (χ3n) is 8.63. The Morgan fingerprint density at radius 3 is 2.30 bits per heavy atom. The molecule has 4 saturated carbocycles. The van der Waals surface area contributed by atoms with Crippen LogP contribution in [0, 0.1) is 17.8 Å². The lowest BCUT2D eigenvalue weighted by Crippen LogP contribution is -2.48. The Morgan fingerprint density at radius 1 is 1.03 bits per heavy atom. The Kier molecular flexibility index (Phi) is 6.95. The van der Waals surface area contributed by atoms with Crippen LogP contribution in [0.25, 0.3) is 5.57 Å². The van der Waals surface area contributed by atoms with Gasteiger partial charge in [0.25, 0.3) is 0 Å². The fraction of sp³-hybridized carbons (Fsp3) is 0.452. The number of aryl methyl sites for hydroxylation is 1. The summed E-state index contributed by atoms with van der Waals surface area (Å²) in [6, 6.07) is 11.4. The molecule has 37 heavy (non-hydrogen) atoms. The maximum absolute atomic E-state index is 13.3. The van der Waals surface area contributed by atoms with Crippen molar-refractivity contribution in [2.45, 2.75) is 63.0 Å². The van der Waals surface area contributed by atoms with Crippen molar-refractivity contribution in [3.63, 3.8) is 0 Å². The molecule has 2 aromatic rings. The minimum absolute atomic E-state index is 0.190. The molecule has 0 radical (unpaired) electrons. The molecule has 0 heterocycles. The van der Waals surface area contributed by atoms with Gasteiger partial charge in [0.15, 0.2) is 0 Å². The molecule has 4 fully saturated rings. The van der Waals surface area contributed by atoms with Gasteiger partial charge in [-0.1, -0.05) is 24.3 Å². The summed E-state index contributed by atoms with van der Waals surface area (Å²) in [4.78, 5) is 11.2. The number of hydrogen-bond acceptors (Lipinski definition) is 2. The Bertz CT molecular complexity index is 1190. The fourth-order valence-electron chi connectivity index (χ4n) is 7.54. The van der Waals surface area contributed by atoms with Crippen molar-refractivity contribution in [3.8, 4) is 5.75 Å². The smallest absolute Gasteiger partial charge is 0.416 e. The summed E-state index contributed by atoms with van der Waals surface area (Å²) in [5.74, 6) is 2.13. The molecule has 4 aliphatic carbocycles. The van der Waals surface area contributed by atoms with Crippen LogP contribution in [-0.4, -0.2) is 18.2 Å². The lowest BCUT2D eigenvalue weighted by atomic mass is 9.47. The van der Waals surface area contributed by atoms with Crippen molar-refractivity contribution < 1.29 is 27.8 Å². The second-order valence-corrected chi connectivity index (χ2v) is 11.2. The van der Waals surface area contributed by atoms with Gasteiger partial charge in [-0.25, -0.2) is 4.79 Å². The number of carboxylic acids is 1. The Balaban J connectivity index is 1.44. The molecule has 1 N–H and O–H groups in total. The molecule has 196 valence electrons. The van der Waals surface area contributed by atoms with Crippen LogP contribution in [0.1, 0.15) is 67.2 Å². The molecular formula is C31H33F3O3. The van der Waals surface area contributed by atoms with Crippen molar-refractivity contribution in [3.05, 3.63) is 82.9 Å². The highest BCUT2D eigenvalue weighted by molar-refractivity contribution is 5.85. The van der Waals surface area contributed by atoms with Crippen LogP contribution in [-0.2, 0) is 22.8 Å². The first kappa shape index (κ1) is 25.6. The van der Waals surface area contributed by atoms with E-state index in [-0.39, 0.29) is 5.41 Å². The molecule has 6 heteroatoms. The lowest BCUT2D eigenvalue weighted by Gasteiger charge is -2.57. The summed E-state index contributed by atoms with van der Waals surface area (Å²) in [6.07, 6.45) is 8.81. The summed E-state index contributed by atoms with van der Waals surface area (Å²) < 4.78 is 45.5. The fourth-order valence-corrected chi connectivity index (χ4v) is 7.54. The summed E-state index contributed by atoms with van der Waals surface area (Å²) >= 11 is 0. The third-order valence-corrected chi connectivity index (χ3v) is 8.63. The first-order chi connectivity index (χ1) is 17.6. The first-order valence-electron chi connectivity index (χ1n) is 13.1. The van der Waals surface area contributed by atoms with Gasteiger partial charge in [0.1, 0.15) is 5.75 Å². The average Bonchev–Trinajstić information content (AvgIpc) is 2.84. The zero-order valence-electron chi connectivity index (χ0n) is 21.1. The van der Waals surface area contributed by atoms with Gasteiger partial charge in [0.05, 0.1) is 12.7 Å². The standard InChI is InChI=1S/C31H33F3O3/c1-37-27-10-8-24(28(16-27)30-17-20-12-21(18-30)14-22(13-20)19-30)5-2-4-23(9-11-29(35)36)25-6-3-7-26(15-25)31(32,33)34/h3-4,6-11,15-16,20-22H,2,5,12-14,17-19H2,1H3,(H,35,36)/b11-9?,23-4-. The number of rotatable bonds is 8. The van der Waals surface area contributed by atoms with Crippen molar-refractivity contribution in [2.24, 2.45) is 17.8 Å². The second-order valence-electron chi connectivity index (χ2n) is 11.2. The number of benzene rings is 2. The quantitative estimate of drug-likeness (QED) is 0.291. The van der Waals surface area contributed by atoms with Crippen LogP contribution in [0.5, 0.6) is 5.75 Å².